The molecule has 18 heavy (non-hydrogen) atoms. The van der Waals surface area contributed by atoms with Crippen molar-refractivity contribution in [1.82, 2.24) is 4.98 Å². The van der Waals surface area contributed by atoms with E-state index in [0.717, 1.165) is 24.5 Å². The molecule has 0 aromatic carbocycles. The average molecular weight is 263 g/mol. The Morgan fingerprint density at radius 3 is 2.78 bits per heavy atom. The maximum atomic E-state index is 8.98. The van der Waals surface area contributed by atoms with Gasteiger partial charge in [-0.3, -0.25) is 0 Å². The summed E-state index contributed by atoms with van der Waals surface area (Å²) in [5.74, 6) is 1.98. The molecule has 0 aliphatic heterocycles. The van der Waals surface area contributed by atoms with Crippen molar-refractivity contribution in [3.63, 3.8) is 0 Å². The molecule has 1 aromatic heterocycles. The van der Waals surface area contributed by atoms with Gasteiger partial charge in [-0.15, -0.1) is 0 Å². The summed E-state index contributed by atoms with van der Waals surface area (Å²) in [5.41, 5.74) is 1.57. The van der Waals surface area contributed by atoms with E-state index < -0.39 is 0 Å². The summed E-state index contributed by atoms with van der Waals surface area (Å²) in [6.45, 7) is 2.83. The number of aromatic nitrogens is 1. The van der Waals surface area contributed by atoms with E-state index in [2.05, 4.69) is 22.6 Å². The Balaban J connectivity index is 2.27. The third kappa shape index (κ3) is 5.42. The number of nitrogens with one attached hydrogen (secondary N) is 1. The van der Waals surface area contributed by atoms with Crippen molar-refractivity contribution in [2.45, 2.75) is 32.6 Å². The maximum absolute atomic E-state index is 8.98. The molecular formula is C14H21N3S. The highest BCUT2D eigenvalue weighted by Gasteiger charge is 2.02. The predicted octanol–water partition coefficient (Wildman–Crippen LogP) is 3.60. The van der Waals surface area contributed by atoms with Crippen molar-refractivity contribution >= 4 is 17.6 Å². The van der Waals surface area contributed by atoms with E-state index in [1.165, 1.54) is 25.0 Å². The molecule has 98 valence electrons. The number of thioether (sulfide) groups is 1. The van der Waals surface area contributed by atoms with Gasteiger partial charge in [-0.05, 0) is 43.9 Å². The Bertz CT molecular complexity index is 399. The lowest BCUT2D eigenvalue weighted by atomic mass is 10.2. The van der Waals surface area contributed by atoms with E-state index in [0.29, 0.717) is 5.56 Å². The Morgan fingerprint density at radius 2 is 2.06 bits per heavy atom. The second-order valence-corrected chi connectivity index (χ2v) is 5.28. The van der Waals surface area contributed by atoms with Gasteiger partial charge in [0.25, 0.3) is 0 Å². The summed E-state index contributed by atoms with van der Waals surface area (Å²) in [6.07, 6.45) is 7.10. The average Bonchev–Trinajstić information content (AvgIpc) is 2.38. The molecule has 0 unspecified atom stereocenters. The number of nitrogens with zero attached hydrogens (tertiary/aromatic N) is 2. The maximum Gasteiger partial charge on any atom is 0.144 e. The van der Waals surface area contributed by atoms with Crippen LogP contribution in [0.1, 0.15) is 36.9 Å². The molecule has 1 heterocycles. The summed E-state index contributed by atoms with van der Waals surface area (Å²) < 4.78 is 0. The first kappa shape index (κ1) is 14.8. The number of aryl methyl sites for hydroxylation is 1. The summed E-state index contributed by atoms with van der Waals surface area (Å²) in [5, 5.41) is 12.2. The molecule has 1 aromatic rings. The quantitative estimate of drug-likeness (QED) is 0.728. The Labute approximate surface area is 114 Å². The molecule has 0 fully saturated rings. The van der Waals surface area contributed by atoms with Crippen LogP contribution in [0.25, 0.3) is 0 Å². The van der Waals surface area contributed by atoms with Gasteiger partial charge in [0.05, 0.1) is 5.56 Å². The summed E-state index contributed by atoms with van der Waals surface area (Å²) in [4.78, 5) is 4.35. The Hall–Kier alpha value is -1.21. The van der Waals surface area contributed by atoms with Crippen LogP contribution in [-0.4, -0.2) is 23.5 Å². The van der Waals surface area contributed by atoms with Crippen LogP contribution in [0.3, 0.4) is 0 Å². The molecule has 0 bridgehead atoms. The van der Waals surface area contributed by atoms with Gasteiger partial charge < -0.3 is 5.32 Å². The molecule has 0 atom stereocenters. The minimum atomic E-state index is 0.628. The fourth-order valence-corrected chi connectivity index (χ4v) is 2.21. The molecular weight excluding hydrogens is 242 g/mol. The Kier molecular flexibility index (Phi) is 7.28. The van der Waals surface area contributed by atoms with E-state index in [9.17, 15) is 0 Å². The summed E-state index contributed by atoms with van der Waals surface area (Å²) >= 11 is 1.91. The monoisotopic (exact) mass is 263 g/mol. The number of unbranched alkanes of at least 4 members (excludes halogenated alkanes) is 3. The number of hydrogen-bond donors (Lipinski definition) is 1. The minimum Gasteiger partial charge on any atom is -0.369 e. The van der Waals surface area contributed by atoms with Gasteiger partial charge in [0, 0.05) is 12.2 Å². The molecule has 0 radical (unpaired) electrons. The fraction of sp³-hybridized carbons (Fsp3) is 0.571. The summed E-state index contributed by atoms with van der Waals surface area (Å²) in [6, 6.07) is 5.85. The molecule has 0 amide bonds. The molecule has 3 nitrogen and oxygen atoms in total. The van der Waals surface area contributed by atoms with E-state index in [1.807, 2.05) is 30.8 Å². The van der Waals surface area contributed by atoms with Gasteiger partial charge in [0.1, 0.15) is 11.9 Å². The highest BCUT2D eigenvalue weighted by molar-refractivity contribution is 7.98. The van der Waals surface area contributed by atoms with E-state index in [1.54, 1.807) is 0 Å². The van der Waals surface area contributed by atoms with Crippen LogP contribution in [0.15, 0.2) is 12.1 Å². The van der Waals surface area contributed by atoms with Crippen LogP contribution in [-0.2, 0) is 0 Å². The molecule has 0 aliphatic rings. The lowest BCUT2D eigenvalue weighted by Gasteiger charge is -2.07. The number of pyridine rings is 1. The summed E-state index contributed by atoms with van der Waals surface area (Å²) in [7, 11) is 0. The zero-order valence-corrected chi connectivity index (χ0v) is 12.0. The SMILES string of the molecule is CSCCCCCCNc1nc(C)ccc1C#N. The van der Waals surface area contributed by atoms with Crippen molar-refractivity contribution in [3.8, 4) is 6.07 Å². The zero-order valence-electron chi connectivity index (χ0n) is 11.2. The molecule has 0 saturated heterocycles. The predicted molar refractivity (Wildman–Crippen MR) is 79.0 cm³/mol. The molecule has 1 N–H and O–H groups in total. The fourth-order valence-electron chi connectivity index (χ4n) is 1.71. The molecule has 0 saturated carbocycles. The topological polar surface area (TPSA) is 48.7 Å². The van der Waals surface area contributed by atoms with Crippen molar-refractivity contribution in [2.24, 2.45) is 0 Å². The van der Waals surface area contributed by atoms with E-state index >= 15 is 0 Å². The Morgan fingerprint density at radius 1 is 1.28 bits per heavy atom. The van der Waals surface area contributed by atoms with Crippen molar-refractivity contribution in [2.75, 3.05) is 23.9 Å². The van der Waals surface area contributed by atoms with Gasteiger partial charge in [0.15, 0.2) is 0 Å². The second kappa shape index (κ2) is 8.82. The third-order valence-corrected chi connectivity index (χ3v) is 3.42. The van der Waals surface area contributed by atoms with Crippen molar-refractivity contribution in [1.29, 1.82) is 5.26 Å². The van der Waals surface area contributed by atoms with Crippen LogP contribution >= 0.6 is 11.8 Å². The van der Waals surface area contributed by atoms with Crippen LogP contribution < -0.4 is 5.32 Å². The van der Waals surface area contributed by atoms with Gasteiger partial charge in [-0.2, -0.15) is 17.0 Å². The van der Waals surface area contributed by atoms with Crippen LogP contribution in [0.2, 0.25) is 0 Å². The lowest BCUT2D eigenvalue weighted by Crippen LogP contribution is -2.06. The smallest absolute Gasteiger partial charge is 0.144 e. The van der Waals surface area contributed by atoms with Gasteiger partial charge in [0.2, 0.25) is 0 Å². The number of hydrogen-bond acceptors (Lipinski definition) is 4. The number of rotatable bonds is 8. The first-order valence-corrected chi connectivity index (χ1v) is 7.78. The number of nitriles is 1. The highest BCUT2D eigenvalue weighted by Crippen LogP contribution is 2.12. The molecule has 0 aliphatic carbocycles. The largest absolute Gasteiger partial charge is 0.369 e. The first-order valence-electron chi connectivity index (χ1n) is 6.38. The zero-order chi connectivity index (χ0) is 13.2. The van der Waals surface area contributed by atoms with Gasteiger partial charge in [-0.25, -0.2) is 4.98 Å². The minimum absolute atomic E-state index is 0.628. The third-order valence-electron chi connectivity index (χ3n) is 2.72. The van der Waals surface area contributed by atoms with Crippen molar-refractivity contribution in [3.05, 3.63) is 23.4 Å². The number of anilines is 1. The van der Waals surface area contributed by atoms with Crippen molar-refractivity contribution < 1.29 is 0 Å². The standard InChI is InChI=1S/C14H21N3S/c1-12-7-8-13(11-15)14(17-12)16-9-5-3-4-6-10-18-2/h7-8H,3-6,9-10H2,1-2H3,(H,16,17). The van der Waals surface area contributed by atoms with Crippen LogP contribution in [0.4, 0.5) is 5.82 Å². The van der Waals surface area contributed by atoms with Crippen LogP contribution in [0.5, 0.6) is 0 Å². The lowest BCUT2D eigenvalue weighted by molar-refractivity contribution is 0.688. The first-order chi connectivity index (χ1) is 8.77. The molecule has 0 spiro atoms. The normalized spacial score (nSPS) is 10.1. The van der Waals surface area contributed by atoms with E-state index in [-0.39, 0.29) is 0 Å². The highest BCUT2D eigenvalue weighted by atomic mass is 32.2. The molecule has 4 heteroatoms. The van der Waals surface area contributed by atoms with Crippen LogP contribution in [0, 0.1) is 18.3 Å². The molecule has 1 rings (SSSR count). The van der Waals surface area contributed by atoms with Gasteiger partial charge >= 0.3 is 0 Å². The second-order valence-electron chi connectivity index (χ2n) is 4.29. The van der Waals surface area contributed by atoms with E-state index in [4.69, 9.17) is 5.26 Å². The van der Waals surface area contributed by atoms with Gasteiger partial charge in [-0.1, -0.05) is 12.8 Å².